The zero-order valence-electron chi connectivity index (χ0n) is 10.2. The Kier molecular flexibility index (Phi) is 3.11. The zero-order valence-corrected chi connectivity index (χ0v) is 11.1. The molecule has 1 amide bonds. The van der Waals surface area contributed by atoms with Gasteiger partial charge in [0, 0.05) is 12.1 Å². The molecular formula is C12H18N4OS. The first-order chi connectivity index (χ1) is 8.72. The second-order valence-corrected chi connectivity index (χ2v) is 6.11. The molecule has 4 N–H and O–H groups in total. The number of nitrogens with zero attached hydrogens (tertiary/aromatic N) is 1. The van der Waals surface area contributed by atoms with Gasteiger partial charge in [-0.25, -0.2) is 4.98 Å². The Bertz CT molecular complexity index is 449. The maximum Gasteiger partial charge on any atom is 0.265 e. The zero-order chi connectivity index (χ0) is 12.5. The second kappa shape index (κ2) is 4.76. The molecule has 2 aliphatic rings. The molecule has 1 aromatic rings. The summed E-state index contributed by atoms with van der Waals surface area (Å²) in [5.41, 5.74) is 5.81. The average molecular weight is 266 g/mol. The molecular weight excluding hydrogens is 248 g/mol. The summed E-state index contributed by atoms with van der Waals surface area (Å²) < 4.78 is 0. The summed E-state index contributed by atoms with van der Waals surface area (Å²) in [5, 5.41) is 7.08. The SMILES string of the molecule is Nc1nc(NC2CC2)sc1C(=O)NC1CCCC1. The first kappa shape index (κ1) is 11.8. The summed E-state index contributed by atoms with van der Waals surface area (Å²) in [4.78, 5) is 16.8. The third-order valence-electron chi connectivity index (χ3n) is 3.45. The number of nitrogen functional groups attached to an aromatic ring is 1. The Labute approximate surface area is 110 Å². The fourth-order valence-electron chi connectivity index (χ4n) is 2.28. The Morgan fingerprint density at radius 2 is 1.94 bits per heavy atom. The fourth-order valence-corrected chi connectivity index (χ4v) is 3.14. The normalized spacial score (nSPS) is 20.0. The smallest absolute Gasteiger partial charge is 0.265 e. The molecule has 0 aliphatic heterocycles. The molecule has 2 aliphatic carbocycles. The highest BCUT2D eigenvalue weighted by Gasteiger charge is 2.25. The van der Waals surface area contributed by atoms with Crippen LogP contribution in [0.25, 0.3) is 0 Å². The number of nitrogens with two attached hydrogens (primary N) is 1. The number of nitrogens with one attached hydrogen (secondary N) is 2. The van der Waals surface area contributed by atoms with E-state index in [1.165, 1.54) is 37.0 Å². The van der Waals surface area contributed by atoms with E-state index in [-0.39, 0.29) is 5.91 Å². The summed E-state index contributed by atoms with van der Waals surface area (Å²) in [6, 6.07) is 0.847. The van der Waals surface area contributed by atoms with Crippen molar-refractivity contribution in [3.05, 3.63) is 4.88 Å². The van der Waals surface area contributed by atoms with E-state index in [2.05, 4.69) is 15.6 Å². The van der Waals surface area contributed by atoms with Gasteiger partial charge in [-0.2, -0.15) is 0 Å². The third kappa shape index (κ3) is 2.58. The van der Waals surface area contributed by atoms with Gasteiger partial charge in [0.2, 0.25) is 0 Å². The molecule has 5 nitrogen and oxygen atoms in total. The molecule has 98 valence electrons. The summed E-state index contributed by atoms with van der Waals surface area (Å²) >= 11 is 1.36. The second-order valence-electron chi connectivity index (χ2n) is 5.11. The van der Waals surface area contributed by atoms with Gasteiger partial charge in [0.25, 0.3) is 5.91 Å². The highest BCUT2D eigenvalue weighted by molar-refractivity contribution is 7.18. The molecule has 3 rings (SSSR count). The van der Waals surface area contributed by atoms with E-state index >= 15 is 0 Å². The monoisotopic (exact) mass is 266 g/mol. The quantitative estimate of drug-likeness (QED) is 0.778. The Hall–Kier alpha value is -1.30. The van der Waals surface area contributed by atoms with E-state index in [1.807, 2.05) is 0 Å². The molecule has 2 fully saturated rings. The first-order valence-corrected chi connectivity index (χ1v) is 7.38. The van der Waals surface area contributed by atoms with Gasteiger partial charge in [0.15, 0.2) is 5.13 Å². The predicted octanol–water partition coefficient (Wildman–Crippen LogP) is 1.97. The molecule has 0 atom stereocenters. The number of amides is 1. The lowest BCUT2D eigenvalue weighted by molar-refractivity contribution is 0.0942. The van der Waals surface area contributed by atoms with Gasteiger partial charge < -0.3 is 16.4 Å². The number of carbonyl (C=O) groups is 1. The van der Waals surface area contributed by atoms with Crippen LogP contribution in [-0.2, 0) is 0 Å². The Morgan fingerprint density at radius 3 is 2.61 bits per heavy atom. The van der Waals surface area contributed by atoms with Crippen molar-refractivity contribution in [2.45, 2.75) is 50.6 Å². The number of carbonyl (C=O) groups excluding carboxylic acids is 1. The van der Waals surface area contributed by atoms with Crippen molar-refractivity contribution < 1.29 is 4.79 Å². The molecule has 6 heteroatoms. The van der Waals surface area contributed by atoms with Crippen LogP contribution >= 0.6 is 11.3 Å². The minimum Gasteiger partial charge on any atom is -0.382 e. The summed E-state index contributed by atoms with van der Waals surface area (Å²) in [5.74, 6) is 0.277. The van der Waals surface area contributed by atoms with E-state index in [9.17, 15) is 4.79 Å². The highest BCUT2D eigenvalue weighted by Crippen LogP contribution is 2.30. The molecule has 0 saturated heterocycles. The standard InChI is InChI=1S/C12H18N4OS/c13-10-9(11(17)14-7-3-1-2-4-7)18-12(16-10)15-8-5-6-8/h7-8H,1-6,13H2,(H,14,17)(H,15,16). The molecule has 1 aromatic heterocycles. The molecule has 0 bridgehead atoms. The Balaban J connectivity index is 1.65. The molecule has 0 unspecified atom stereocenters. The topological polar surface area (TPSA) is 80.0 Å². The van der Waals surface area contributed by atoms with Crippen LogP contribution in [-0.4, -0.2) is 23.0 Å². The Morgan fingerprint density at radius 1 is 1.22 bits per heavy atom. The molecule has 18 heavy (non-hydrogen) atoms. The van der Waals surface area contributed by atoms with Crippen molar-refractivity contribution in [3.63, 3.8) is 0 Å². The van der Waals surface area contributed by atoms with Crippen LogP contribution in [0.2, 0.25) is 0 Å². The number of hydrogen-bond donors (Lipinski definition) is 3. The van der Waals surface area contributed by atoms with Crippen LogP contribution in [0.3, 0.4) is 0 Å². The third-order valence-corrected chi connectivity index (χ3v) is 4.46. The van der Waals surface area contributed by atoms with Crippen LogP contribution in [0.1, 0.15) is 48.2 Å². The van der Waals surface area contributed by atoms with Crippen molar-refractivity contribution in [1.82, 2.24) is 10.3 Å². The summed E-state index contributed by atoms with van der Waals surface area (Å²) in [6.07, 6.45) is 6.94. The lowest BCUT2D eigenvalue weighted by atomic mass is 10.2. The minimum absolute atomic E-state index is 0.0688. The van der Waals surface area contributed by atoms with Crippen molar-refractivity contribution in [1.29, 1.82) is 0 Å². The van der Waals surface area contributed by atoms with Crippen LogP contribution in [0.5, 0.6) is 0 Å². The van der Waals surface area contributed by atoms with Crippen molar-refractivity contribution >= 4 is 28.2 Å². The maximum absolute atomic E-state index is 12.1. The minimum atomic E-state index is -0.0688. The molecule has 0 spiro atoms. The lowest BCUT2D eigenvalue weighted by Crippen LogP contribution is -2.32. The van der Waals surface area contributed by atoms with Gasteiger partial charge in [0.05, 0.1) is 0 Å². The summed E-state index contributed by atoms with van der Waals surface area (Å²) in [7, 11) is 0. The van der Waals surface area contributed by atoms with Gasteiger partial charge in [0.1, 0.15) is 10.7 Å². The van der Waals surface area contributed by atoms with E-state index in [1.54, 1.807) is 0 Å². The van der Waals surface area contributed by atoms with Crippen molar-refractivity contribution in [2.75, 3.05) is 11.1 Å². The summed E-state index contributed by atoms with van der Waals surface area (Å²) in [6.45, 7) is 0. The lowest BCUT2D eigenvalue weighted by Gasteiger charge is -2.10. The number of hydrogen-bond acceptors (Lipinski definition) is 5. The van der Waals surface area contributed by atoms with E-state index in [4.69, 9.17) is 5.73 Å². The van der Waals surface area contributed by atoms with Gasteiger partial charge in [-0.3, -0.25) is 4.79 Å². The van der Waals surface area contributed by atoms with Crippen LogP contribution in [0, 0.1) is 0 Å². The predicted molar refractivity (Wildman–Crippen MR) is 72.9 cm³/mol. The molecule has 1 heterocycles. The van der Waals surface area contributed by atoms with E-state index < -0.39 is 0 Å². The fraction of sp³-hybridized carbons (Fsp3) is 0.667. The van der Waals surface area contributed by atoms with Gasteiger partial charge in [-0.05, 0) is 25.7 Å². The number of aromatic nitrogens is 1. The van der Waals surface area contributed by atoms with Crippen LogP contribution in [0.15, 0.2) is 0 Å². The van der Waals surface area contributed by atoms with Crippen LogP contribution in [0.4, 0.5) is 10.9 Å². The van der Waals surface area contributed by atoms with Gasteiger partial charge >= 0.3 is 0 Å². The molecule has 0 radical (unpaired) electrons. The number of anilines is 2. The van der Waals surface area contributed by atoms with Crippen LogP contribution < -0.4 is 16.4 Å². The van der Waals surface area contributed by atoms with E-state index in [0.29, 0.717) is 22.8 Å². The van der Waals surface area contributed by atoms with Crippen molar-refractivity contribution in [2.24, 2.45) is 0 Å². The van der Waals surface area contributed by atoms with Gasteiger partial charge in [-0.1, -0.05) is 24.2 Å². The number of thiazole rings is 1. The maximum atomic E-state index is 12.1. The number of rotatable bonds is 4. The first-order valence-electron chi connectivity index (χ1n) is 6.56. The largest absolute Gasteiger partial charge is 0.382 e. The van der Waals surface area contributed by atoms with E-state index in [0.717, 1.165) is 18.0 Å². The molecule has 0 aromatic carbocycles. The van der Waals surface area contributed by atoms with Gasteiger partial charge in [-0.15, -0.1) is 0 Å². The van der Waals surface area contributed by atoms with Crippen molar-refractivity contribution in [3.8, 4) is 0 Å². The highest BCUT2D eigenvalue weighted by atomic mass is 32.1. The molecule has 2 saturated carbocycles. The average Bonchev–Trinajstić information content (AvgIpc) is 2.85.